The first-order valence-electron chi connectivity index (χ1n) is 25.4. The summed E-state index contributed by atoms with van der Waals surface area (Å²) in [6, 6.07) is 25.7. The van der Waals surface area contributed by atoms with Crippen LogP contribution in [0.4, 0.5) is 34.8 Å². The average Bonchev–Trinajstić information content (AvgIpc) is 3.96. The van der Waals surface area contributed by atoms with Crippen molar-refractivity contribution in [3.63, 3.8) is 0 Å². The van der Waals surface area contributed by atoms with Crippen LogP contribution in [0.3, 0.4) is 0 Å². The molecule has 16 heteroatoms. The van der Waals surface area contributed by atoms with E-state index in [1.54, 1.807) is 46.4 Å². The fourth-order valence-corrected chi connectivity index (χ4v) is 11.9. The Morgan fingerprint density at radius 3 is 1.63 bits per heavy atom. The molecule has 6 aromatic rings. The number of halogens is 4. The van der Waals surface area contributed by atoms with Gasteiger partial charge in [0.1, 0.15) is 11.5 Å². The molecule has 4 aliphatic rings. The lowest BCUT2D eigenvalue weighted by atomic mass is 9.95. The SMILES string of the molecule is CC.CC.CSNc1ccc2c(C(=O)c3cccc(N4CCC(F)(F)CC4)n3)cn(C3CCCCC3)c2c1.CSNc1ccc2c(C(=O)c3cccc(SN4CC(F)(F)C4)c3)cn(C3CCCCC3)c2c1. The minimum absolute atomic E-state index is 0.0310. The second kappa shape index (κ2) is 24.9. The minimum Gasteiger partial charge on any atom is -0.356 e. The van der Waals surface area contributed by atoms with Gasteiger partial charge >= 0.3 is 0 Å². The normalized spacial score (nSPS) is 18.0. The highest BCUT2D eigenvalue weighted by atomic mass is 32.2. The first-order valence-corrected chi connectivity index (χ1v) is 28.6. The van der Waals surface area contributed by atoms with Crippen molar-refractivity contribution in [2.24, 2.45) is 0 Å². The summed E-state index contributed by atoms with van der Waals surface area (Å²) in [5.74, 6) is -4.80. The molecule has 382 valence electrons. The Hall–Kier alpha value is -4.64. The van der Waals surface area contributed by atoms with Gasteiger partial charge in [0, 0.05) is 107 Å². The molecule has 71 heavy (non-hydrogen) atoms. The lowest BCUT2D eigenvalue weighted by Gasteiger charge is -2.37. The number of pyridine rings is 1. The number of hydrogen-bond acceptors (Lipinski definition) is 10. The Labute approximate surface area is 430 Å². The van der Waals surface area contributed by atoms with Crippen molar-refractivity contribution in [2.45, 2.75) is 134 Å². The van der Waals surface area contributed by atoms with Crippen molar-refractivity contribution in [3.8, 4) is 0 Å². The number of aromatic nitrogens is 3. The summed E-state index contributed by atoms with van der Waals surface area (Å²) in [5, 5.41) is 1.88. The van der Waals surface area contributed by atoms with E-state index in [1.165, 1.54) is 50.5 Å². The molecule has 3 aromatic carbocycles. The number of ketones is 2. The molecule has 9 nitrogen and oxygen atoms in total. The van der Waals surface area contributed by atoms with Crippen molar-refractivity contribution in [1.82, 2.24) is 18.4 Å². The van der Waals surface area contributed by atoms with Crippen LogP contribution in [0.15, 0.2) is 96.2 Å². The Morgan fingerprint density at radius 2 is 1.13 bits per heavy atom. The predicted octanol–water partition coefficient (Wildman–Crippen LogP) is 15.8. The zero-order chi connectivity index (χ0) is 50.7. The van der Waals surface area contributed by atoms with E-state index in [0.29, 0.717) is 40.3 Å². The third-order valence-electron chi connectivity index (χ3n) is 13.5. The zero-order valence-corrected chi connectivity index (χ0v) is 44.4. The fraction of sp³-hybridized carbons (Fsp3) is 0.473. The summed E-state index contributed by atoms with van der Waals surface area (Å²) in [4.78, 5) is 34.5. The first-order chi connectivity index (χ1) is 34.4. The van der Waals surface area contributed by atoms with Crippen molar-refractivity contribution in [1.29, 1.82) is 0 Å². The maximum absolute atomic E-state index is 13.7. The standard InChI is InChI=1S/C26H30F2N4OS.C25H27F2N3OS2.2C2H6/c1-34-30-18-10-11-20-21(17-32(23(20)16-18)19-6-3-2-4-7-19)25(33)22-8-5-9-24(29-22)31-14-12-26(27,28)13-15-31;1-32-28-18-10-11-21-22(14-30(23(21)13-18)19-7-3-2-4-8-19)24(31)17-6-5-9-20(12-17)33-29-15-25(26,27)16-29;2*1-2/h5,8-11,16-17,19,30H,2-4,6-7,12-15H2,1H3;5-6,9-14,19,28H,2-4,7-8,15-16H2,1H3;2*1-2H3. The Bertz CT molecular complexity index is 2720. The van der Waals surface area contributed by atoms with Gasteiger partial charge in [0.2, 0.25) is 5.78 Å². The number of carbonyl (C=O) groups excluding carboxylic acids is 2. The molecule has 3 aromatic heterocycles. The number of carbonyl (C=O) groups is 2. The summed E-state index contributed by atoms with van der Waals surface area (Å²) < 4.78 is 66.4. The van der Waals surface area contributed by atoms with Crippen molar-refractivity contribution in [3.05, 3.63) is 114 Å². The van der Waals surface area contributed by atoms with Gasteiger partial charge in [-0.25, -0.2) is 26.9 Å². The third kappa shape index (κ3) is 13.1. The lowest BCUT2D eigenvalue weighted by Crippen LogP contribution is -2.52. The summed E-state index contributed by atoms with van der Waals surface area (Å²) >= 11 is 4.37. The molecule has 0 bridgehead atoms. The van der Waals surface area contributed by atoms with E-state index in [4.69, 9.17) is 0 Å². The van der Waals surface area contributed by atoms with Gasteiger partial charge in [-0.3, -0.25) is 9.59 Å². The maximum Gasteiger partial charge on any atom is 0.274 e. The number of fused-ring (bicyclic) bond motifs is 2. The number of benzene rings is 3. The molecular formula is C55H69F4N7O2S3. The Morgan fingerprint density at radius 1 is 0.620 bits per heavy atom. The first kappa shape index (κ1) is 54.1. The van der Waals surface area contributed by atoms with Crippen molar-refractivity contribution < 1.29 is 27.2 Å². The molecule has 2 saturated carbocycles. The van der Waals surface area contributed by atoms with Crippen LogP contribution < -0.4 is 14.3 Å². The molecule has 2 saturated heterocycles. The van der Waals surface area contributed by atoms with E-state index in [0.717, 1.165) is 63.8 Å². The Balaban J connectivity index is 0.000000195. The summed E-state index contributed by atoms with van der Waals surface area (Å²) in [7, 11) is 0. The van der Waals surface area contributed by atoms with Crippen LogP contribution in [0.2, 0.25) is 0 Å². The van der Waals surface area contributed by atoms with Gasteiger partial charge in [-0.1, -0.05) is 120 Å². The molecule has 0 amide bonds. The van der Waals surface area contributed by atoms with Gasteiger partial charge in [0.05, 0.1) is 24.1 Å². The van der Waals surface area contributed by atoms with Gasteiger partial charge < -0.3 is 23.5 Å². The molecule has 2 N–H and O–H groups in total. The van der Waals surface area contributed by atoms with Crippen LogP contribution in [-0.4, -0.2) is 80.5 Å². The largest absolute Gasteiger partial charge is 0.356 e. The molecule has 0 spiro atoms. The van der Waals surface area contributed by atoms with Crippen LogP contribution in [0.1, 0.15) is 149 Å². The highest BCUT2D eigenvalue weighted by Crippen LogP contribution is 2.40. The second-order valence-electron chi connectivity index (χ2n) is 18.2. The fourth-order valence-electron chi connectivity index (χ4n) is 10.0. The molecule has 2 aliphatic carbocycles. The smallest absolute Gasteiger partial charge is 0.274 e. The number of rotatable bonds is 13. The second-order valence-corrected chi connectivity index (χ2v) is 20.6. The van der Waals surface area contributed by atoms with Gasteiger partial charge in [0.25, 0.3) is 11.8 Å². The number of nitrogens with one attached hydrogen (secondary N) is 2. The summed E-state index contributed by atoms with van der Waals surface area (Å²) in [6.45, 7) is 7.97. The molecule has 0 unspecified atom stereocenters. The van der Waals surface area contributed by atoms with Crippen LogP contribution in [0, 0.1) is 0 Å². The van der Waals surface area contributed by atoms with E-state index in [2.05, 4.69) is 35.7 Å². The van der Waals surface area contributed by atoms with Gasteiger partial charge in [0.15, 0.2) is 5.78 Å². The van der Waals surface area contributed by atoms with Crippen LogP contribution in [-0.2, 0) is 0 Å². The number of piperidine rings is 1. The third-order valence-corrected chi connectivity index (χ3v) is 15.3. The minimum atomic E-state index is -2.62. The number of alkyl halides is 4. The Kier molecular flexibility index (Phi) is 19.0. The summed E-state index contributed by atoms with van der Waals surface area (Å²) in [6.07, 6.45) is 19.5. The van der Waals surface area contributed by atoms with E-state index in [-0.39, 0.29) is 50.6 Å². The number of nitrogens with zero attached hydrogens (tertiary/aromatic N) is 5. The zero-order valence-electron chi connectivity index (χ0n) is 41.9. The van der Waals surface area contributed by atoms with Crippen LogP contribution in [0.25, 0.3) is 21.8 Å². The maximum atomic E-state index is 13.7. The molecule has 4 fully saturated rings. The van der Waals surface area contributed by atoms with E-state index in [9.17, 15) is 27.2 Å². The van der Waals surface area contributed by atoms with Crippen molar-refractivity contribution in [2.75, 3.05) is 53.0 Å². The molecule has 10 rings (SSSR count). The molecular weight excluding hydrogens is 963 g/mol. The quantitative estimate of drug-likeness (QED) is 0.0662. The van der Waals surface area contributed by atoms with E-state index in [1.807, 2.05) is 106 Å². The molecule has 0 radical (unpaired) electrons. The van der Waals surface area contributed by atoms with E-state index < -0.39 is 11.8 Å². The van der Waals surface area contributed by atoms with Gasteiger partial charge in [-0.05, 0) is 86.2 Å². The molecule has 0 atom stereocenters. The number of hydrogen-bond donors (Lipinski definition) is 2. The van der Waals surface area contributed by atoms with Crippen LogP contribution in [0.5, 0.6) is 0 Å². The van der Waals surface area contributed by atoms with E-state index >= 15 is 0 Å². The highest BCUT2D eigenvalue weighted by Gasteiger charge is 2.44. The average molecular weight is 1030 g/mol. The van der Waals surface area contributed by atoms with Gasteiger partial charge in [-0.15, -0.1) is 0 Å². The summed E-state index contributed by atoms with van der Waals surface area (Å²) in [5.41, 5.74) is 6.45. The monoisotopic (exact) mass is 1030 g/mol. The molecule has 2 aliphatic heterocycles. The lowest BCUT2D eigenvalue weighted by molar-refractivity contribution is -0.0905. The number of anilines is 3. The molecule has 5 heterocycles. The van der Waals surface area contributed by atoms with Crippen molar-refractivity contribution >= 4 is 86.4 Å². The highest BCUT2D eigenvalue weighted by molar-refractivity contribution is 8.00. The predicted molar refractivity (Wildman–Crippen MR) is 291 cm³/mol. The van der Waals surface area contributed by atoms with Gasteiger partial charge in [-0.2, -0.15) is 0 Å². The topological polar surface area (TPSA) is 87.4 Å². The van der Waals surface area contributed by atoms with Crippen LogP contribution >= 0.6 is 35.8 Å².